The maximum absolute atomic E-state index is 9.98. The zero-order valence-corrected chi connectivity index (χ0v) is 11.4. The molecule has 3 rings (SSSR count). The van der Waals surface area contributed by atoms with Crippen molar-refractivity contribution >= 4 is 26.7 Å². The quantitative estimate of drug-likeness (QED) is 0.477. The van der Waals surface area contributed by atoms with Crippen molar-refractivity contribution in [3.05, 3.63) is 16.8 Å². The summed E-state index contributed by atoms with van der Waals surface area (Å²) in [6.45, 7) is -0.366. The zero-order chi connectivity index (χ0) is 13.6. The van der Waals surface area contributed by atoms with Crippen molar-refractivity contribution < 1.29 is 20.1 Å². The van der Waals surface area contributed by atoms with Crippen LogP contribution in [0.1, 0.15) is 6.23 Å². The molecule has 0 spiro atoms. The number of aromatic amines is 1. The summed E-state index contributed by atoms with van der Waals surface area (Å²) in [6, 6.07) is 0. The minimum atomic E-state index is -1.15. The van der Waals surface area contributed by atoms with E-state index in [1.807, 2.05) is 0 Å². The van der Waals surface area contributed by atoms with Gasteiger partial charge in [-0.1, -0.05) is 0 Å². The van der Waals surface area contributed by atoms with Gasteiger partial charge in [-0.05, 0) is 0 Å². The van der Waals surface area contributed by atoms with E-state index in [9.17, 15) is 10.2 Å². The number of aliphatic hydroxyl groups is 3. The molecule has 1 aliphatic heterocycles. The molecule has 0 saturated carbocycles. The Bertz CT molecular complexity index is 656. The van der Waals surface area contributed by atoms with Crippen molar-refractivity contribution in [1.82, 2.24) is 19.5 Å². The van der Waals surface area contributed by atoms with E-state index < -0.39 is 24.5 Å². The molecule has 2 aromatic heterocycles. The summed E-state index contributed by atoms with van der Waals surface area (Å²) in [6.07, 6.45) is -0.965. The summed E-state index contributed by atoms with van der Waals surface area (Å²) in [7, 11) is 0. The second-order valence-corrected chi connectivity index (χ2v) is 5.14. The van der Waals surface area contributed by atoms with Gasteiger partial charge in [0.25, 0.3) is 0 Å². The van der Waals surface area contributed by atoms with E-state index in [0.29, 0.717) is 11.2 Å². The molecule has 4 N–H and O–H groups in total. The van der Waals surface area contributed by atoms with Crippen LogP contribution in [0.3, 0.4) is 0 Å². The van der Waals surface area contributed by atoms with Crippen molar-refractivity contribution in [3.63, 3.8) is 0 Å². The van der Waals surface area contributed by atoms with Crippen LogP contribution in [0.25, 0.3) is 11.2 Å². The fraction of sp³-hybridized carbons (Fsp3) is 0.500. The van der Waals surface area contributed by atoms with Gasteiger partial charge >= 0.3 is 114 Å². The van der Waals surface area contributed by atoms with Crippen LogP contribution in [0, 0.1) is 4.19 Å². The van der Waals surface area contributed by atoms with E-state index in [1.165, 1.54) is 17.2 Å². The van der Waals surface area contributed by atoms with Crippen molar-refractivity contribution in [1.29, 1.82) is 0 Å². The Morgan fingerprint density at radius 3 is 2.84 bits per heavy atom. The standard InChI is InChI=1S/C10H12N4O4Se/c15-1-4-6(16)7(17)10(18-4)14-3-13-5-8(14)11-2-12-9(5)19/h2-4,6-7,10,15-17H,1H2,(H,11,12,19)/t4-,6-,7+,10+/m0/s1. The van der Waals surface area contributed by atoms with Gasteiger partial charge in [-0.25, -0.2) is 0 Å². The first kappa shape index (κ1) is 12.9. The molecule has 1 saturated heterocycles. The topological polar surface area (TPSA) is 116 Å². The molecule has 0 bridgehead atoms. The summed E-state index contributed by atoms with van der Waals surface area (Å²) in [5, 5.41) is 28.8. The molecule has 0 unspecified atom stereocenters. The molecule has 0 amide bonds. The van der Waals surface area contributed by atoms with Crippen molar-refractivity contribution in [2.24, 2.45) is 0 Å². The molecule has 0 aliphatic carbocycles. The summed E-state index contributed by atoms with van der Waals surface area (Å²) in [5.74, 6) is 0. The number of imidazole rings is 1. The molecule has 4 atom stereocenters. The molecule has 0 aromatic carbocycles. The van der Waals surface area contributed by atoms with E-state index in [2.05, 4.69) is 30.5 Å². The number of rotatable bonds is 2. The van der Waals surface area contributed by atoms with Gasteiger partial charge in [0.05, 0.1) is 0 Å². The molecule has 3 heterocycles. The van der Waals surface area contributed by atoms with Gasteiger partial charge in [-0.3, -0.25) is 0 Å². The van der Waals surface area contributed by atoms with Crippen molar-refractivity contribution in [3.8, 4) is 0 Å². The molecular weight excluding hydrogens is 319 g/mol. The number of hydrogen-bond acceptors (Lipinski definition) is 6. The molecule has 0 radical (unpaired) electrons. The first-order valence-corrected chi connectivity index (χ1v) is 6.52. The Labute approximate surface area is 115 Å². The first-order chi connectivity index (χ1) is 9.13. The third-order valence-electron chi connectivity index (χ3n) is 3.16. The van der Waals surface area contributed by atoms with Crippen molar-refractivity contribution in [2.45, 2.75) is 24.5 Å². The molecule has 102 valence electrons. The summed E-state index contributed by atoms with van der Waals surface area (Å²) < 4.78 is 7.69. The van der Waals surface area contributed by atoms with Gasteiger partial charge in [-0.2, -0.15) is 0 Å². The van der Waals surface area contributed by atoms with E-state index in [-0.39, 0.29) is 6.61 Å². The van der Waals surface area contributed by atoms with Crippen LogP contribution >= 0.6 is 0 Å². The zero-order valence-electron chi connectivity index (χ0n) is 9.67. The van der Waals surface area contributed by atoms with Gasteiger partial charge in [0, 0.05) is 0 Å². The number of aromatic nitrogens is 4. The molecule has 19 heavy (non-hydrogen) atoms. The van der Waals surface area contributed by atoms with Gasteiger partial charge in [0.1, 0.15) is 0 Å². The second-order valence-electron chi connectivity index (χ2n) is 4.28. The minimum absolute atomic E-state index is 0.366. The normalized spacial score (nSPS) is 31.1. The molecule has 9 heteroatoms. The first-order valence-electron chi connectivity index (χ1n) is 5.66. The van der Waals surface area contributed by atoms with E-state index in [4.69, 9.17) is 9.84 Å². The number of hydrogen-bond donors (Lipinski definition) is 4. The van der Waals surface area contributed by atoms with E-state index in [1.54, 1.807) is 0 Å². The van der Waals surface area contributed by atoms with Crippen molar-refractivity contribution in [2.75, 3.05) is 6.61 Å². The summed E-state index contributed by atoms with van der Waals surface area (Å²) >= 11 is 2.82. The van der Waals surface area contributed by atoms with Crippen LogP contribution in [0.15, 0.2) is 12.7 Å². The molecule has 1 aliphatic rings. The van der Waals surface area contributed by atoms with Gasteiger partial charge in [0.15, 0.2) is 0 Å². The van der Waals surface area contributed by atoms with Crippen LogP contribution in [0.5, 0.6) is 0 Å². The van der Waals surface area contributed by atoms with E-state index >= 15 is 0 Å². The average molecular weight is 331 g/mol. The Kier molecular flexibility index (Phi) is 3.25. The van der Waals surface area contributed by atoms with Crippen LogP contribution in [-0.2, 0) is 4.74 Å². The number of H-pyrrole nitrogens is 1. The average Bonchev–Trinajstić information content (AvgIpc) is 2.94. The monoisotopic (exact) mass is 332 g/mol. The predicted octanol–water partition coefficient (Wildman–Crippen LogP) is -1.93. The number of ether oxygens (including phenoxy) is 1. The fourth-order valence-electron chi connectivity index (χ4n) is 2.16. The predicted molar refractivity (Wildman–Crippen MR) is 63.9 cm³/mol. The fourth-order valence-corrected chi connectivity index (χ4v) is 2.57. The van der Waals surface area contributed by atoms with Gasteiger partial charge in [-0.15, -0.1) is 0 Å². The number of nitrogens with zero attached hydrogens (tertiary/aromatic N) is 3. The van der Waals surface area contributed by atoms with Gasteiger partial charge < -0.3 is 0 Å². The molecule has 2 aromatic rings. The molecule has 1 fully saturated rings. The Balaban J connectivity index is 2.06. The molecule has 8 nitrogen and oxygen atoms in total. The van der Waals surface area contributed by atoms with E-state index in [0.717, 1.165) is 4.19 Å². The number of fused-ring (bicyclic) bond motifs is 1. The van der Waals surface area contributed by atoms with Crippen LogP contribution in [0.4, 0.5) is 0 Å². The third kappa shape index (κ3) is 1.95. The third-order valence-corrected chi connectivity index (χ3v) is 3.81. The van der Waals surface area contributed by atoms with Crippen LogP contribution < -0.4 is 0 Å². The maximum atomic E-state index is 9.98. The van der Waals surface area contributed by atoms with Crippen LogP contribution in [-0.4, -0.2) is 75.3 Å². The molecular formula is C10H12N4O4Se. The summed E-state index contributed by atoms with van der Waals surface area (Å²) in [4.78, 5) is 11.2. The Morgan fingerprint density at radius 1 is 1.37 bits per heavy atom. The number of nitrogens with one attached hydrogen (secondary N) is 1. The summed E-state index contributed by atoms with van der Waals surface area (Å²) in [5.41, 5.74) is 1.13. The van der Waals surface area contributed by atoms with Gasteiger partial charge in [0.2, 0.25) is 0 Å². The Hall–Kier alpha value is -1.09. The Morgan fingerprint density at radius 2 is 2.16 bits per heavy atom. The number of aliphatic hydroxyl groups excluding tert-OH is 3. The second kappa shape index (κ2) is 4.78. The SMILES string of the molecule is OC[C@@H]1O[C@@H](n2cnc3c(=[Se])[nH]cnc32)[C@H](O)[C@H]1O. The van der Waals surface area contributed by atoms with Crippen LogP contribution in [0.2, 0.25) is 0 Å².